The molecular formula is C23H29N5O5S. The van der Waals surface area contributed by atoms with Crippen LogP contribution >= 0.6 is 0 Å². The number of H-pyrrole nitrogens is 1. The number of phenols is 1. The molecule has 2 aromatic carbocycles. The number of nitrogens with one attached hydrogen (secondary N) is 2. The van der Waals surface area contributed by atoms with E-state index in [1.54, 1.807) is 19.1 Å². The number of hydrogen-bond donors (Lipinski definition) is 3. The zero-order valence-electron chi connectivity index (χ0n) is 19.6. The highest BCUT2D eigenvalue weighted by atomic mass is 32.2. The zero-order valence-corrected chi connectivity index (χ0v) is 20.4. The van der Waals surface area contributed by atoms with Crippen LogP contribution in [0.1, 0.15) is 31.5 Å². The highest BCUT2D eigenvalue weighted by molar-refractivity contribution is 7.89. The summed E-state index contributed by atoms with van der Waals surface area (Å²) >= 11 is 0. The van der Waals surface area contributed by atoms with Gasteiger partial charge in [0, 0.05) is 13.2 Å². The number of phenolic OH excluding ortho intramolecular Hbond substituents is 1. The van der Waals surface area contributed by atoms with Crippen molar-refractivity contribution in [1.82, 2.24) is 14.5 Å². The standard InChI is InChI=1S/C23H29N5O5S/c1-15(2)33-13-5-12-24-34(31,32)19-10-11-21(29)20(14-19)25-26-22-17(4)27-28(23(22)30)18-8-6-16(3)7-9-18/h6-11,14-15,24,27,29H,5,12-13H2,1-4H3. The smallest absolute Gasteiger partial charge is 0.299 e. The molecule has 0 unspecified atom stereocenters. The minimum absolute atomic E-state index is 0.0523. The van der Waals surface area contributed by atoms with Crippen LogP contribution in [0, 0.1) is 13.8 Å². The average molecular weight is 488 g/mol. The van der Waals surface area contributed by atoms with Crippen LogP contribution in [0.25, 0.3) is 5.69 Å². The maximum Gasteiger partial charge on any atom is 0.299 e. The Bertz CT molecular complexity index is 1320. The molecule has 0 fully saturated rings. The van der Waals surface area contributed by atoms with Crippen LogP contribution in [0.15, 0.2) is 62.4 Å². The van der Waals surface area contributed by atoms with Crippen molar-refractivity contribution in [3.63, 3.8) is 0 Å². The van der Waals surface area contributed by atoms with Gasteiger partial charge in [0.2, 0.25) is 10.0 Å². The maximum absolute atomic E-state index is 12.8. The minimum atomic E-state index is -3.83. The highest BCUT2D eigenvalue weighted by Gasteiger charge is 2.17. The molecule has 0 aliphatic rings. The Hall–Kier alpha value is -3.28. The number of hydrogen-bond acceptors (Lipinski definition) is 7. The van der Waals surface area contributed by atoms with Crippen LogP contribution in [0.5, 0.6) is 5.75 Å². The Balaban J connectivity index is 1.80. The number of azo groups is 1. The van der Waals surface area contributed by atoms with E-state index in [2.05, 4.69) is 20.0 Å². The van der Waals surface area contributed by atoms with Crippen molar-refractivity contribution in [1.29, 1.82) is 0 Å². The molecule has 0 saturated carbocycles. The first-order valence-corrected chi connectivity index (χ1v) is 12.3. The molecule has 1 aromatic heterocycles. The van der Waals surface area contributed by atoms with Crippen LogP contribution in [-0.4, -0.2) is 42.6 Å². The van der Waals surface area contributed by atoms with E-state index in [4.69, 9.17) is 4.74 Å². The normalized spacial score (nSPS) is 12.1. The quantitative estimate of drug-likeness (QED) is 0.293. The molecule has 0 radical (unpaired) electrons. The monoisotopic (exact) mass is 487 g/mol. The molecule has 3 rings (SSSR count). The van der Waals surface area contributed by atoms with E-state index in [0.717, 1.165) is 5.56 Å². The fourth-order valence-electron chi connectivity index (χ4n) is 3.07. The molecule has 34 heavy (non-hydrogen) atoms. The van der Waals surface area contributed by atoms with Crippen molar-refractivity contribution in [3.05, 3.63) is 64.1 Å². The van der Waals surface area contributed by atoms with Gasteiger partial charge in [-0.05, 0) is 64.4 Å². The SMILES string of the molecule is Cc1ccc(-n2[nH]c(C)c(N=Nc3cc(S(=O)(=O)NCCCOC(C)C)ccc3O)c2=O)cc1. The predicted molar refractivity (Wildman–Crippen MR) is 129 cm³/mol. The van der Waals surface area contributed by atoms with Gasteiger partial charge in [0.15, 0.2) is 5.69 Å². The van der Waals surface area contributed by atoms with Crippen molar-refractivity contribution in [3.8, 4) is 11.4 Å². The van der Waals surface area contributed by atoms with Crippen molar-refractivity contribution < 1.29 is 18.3 Å². The molecule has 0 aliphatic heterocycles. The average Bonchev–Trinajstić information content (AvgIpc) is 3.06. The van der Waals surface area contributed by atoms with Crippen molar-refractivity contribution in [2.75, 3.05) is 13.2 Å². The number of sulfonamides is 1. The summed E-state index contributed by atoms with van der Waals surface area (Å²) < 4.78 is 34.4. The molecular weight excluding hydrogens is 458 g/mol. The molecule has 0 atom stereocenters. The van der Waals surface area contributed by atoms with Crippen molar-refractivity contribution in [2.24, 2.45) is 10.2 Å². The number of rotatable bonds is 10. The van der Waals surface area contributed by atoms with Gasteiger partial charge in [-0.25, -0.2) is 17.8 Å². The summed E-state index contributed by atoms with van der Waals surface area (Å²) in [6, 6.07) is 11.1. The summed E-state index contributed by atoms with van der Waals surface area (Å²) in [7, 11) is -3.83. The summed E-state index contributed by atoms with van der Waals surface area (Å²) in [6.07, 6.45) is 0.591. The topological polar surface area (TPSA) is 138 Å². The van der Waals surface area contributed by atoms with Gasteiger partial charge in [0.1, 0.15) is 11.4 Å². The van der Waals surface area contributed by atoms with Gasteiger partial charge < -0.3 is 9.84 Å². The lowest BCUT2D eigenvalue weighted by Gasteiger charge is -2.09. The molecule has 0 saturated heterocycles. The third kappa shape index (κ3) is 6.19. The lowest BCUT2D eigenvalue weighted by atomic mass is 10.2. The first kappa shape index (κ1) is 25.3. The van der Waals surface area contributed by atoms with E-state index in [0.29, 0.717) is 24.4 Å². The third-order valence-electron chi connectivity index (χ3n) is 4.91. The number of benzene rings is 2. The second-order valence-electron chi connectivity index (χ2n) is 8.08. The molecule has 10 nitrogen and oxygen atoms in total. The first-order valence-electron chi connectivity index (χ1n) is 10.8. The number of aromatic amines is 1. The van der Waals surface area contributed by atoms with Gasteiger partial charge in [0.25, 0.3) is 5.56 Å². The van der Waals surface area contributed by atoms with Gasteiger partial charge in [0.05, 0.1) is 22.4 Å². The Kier molecular flexibility index (Phi) is 8.02. The molecule has 11 heteroatoms. The van der Waals surface area contributed by atoms with Crippen LogP contribution in [0.2, 0.25) is 0 Å². The number of aromatic hydroxyl groups is 1. The molecule has 0 aliphatic carbocycles. The number of aryl methyl sites for hydroxylation is 2. The van der Waals surface area contributed by atoms with Gasteiger partial charge >= 0.3 is 0 Å². The third-order valence-corrected chi connectivity index (χ3v) is 6.37. The summed E-state index contributed by atoms with van der Waals surface area (Å²) in [5.74, 6) is -0.264. The fraction of sp³-hybridized carbons (Fsp3) is 0.348. The molecule has 0 bridgehead atoms. The molecule has 1 heterocycles. The maximum atomic E-state index is 12.8. The molecule has 0 spiro atoms. The molecule has 3 N–H and O–H groups in total. The van der Waals surface area contributed by atoms with Crippen LogP contribution in [-0.2, 0) is 14.8 Å². The van der Waals surface area contributed by atoms with E-state index in [1.807, 2.05) is 32.9 Å². The van der Waals surface area contributed by atoms with Crippen molar-refractivity contribution >= 4 is 21.4 Å². The molecule has 0 amide bonds. The van der Waals surface area contributed by atoms with E-state index < -0.39 is 15.6 Å². The Morgan fingerprint density at radius 2 is 1.82 bits per heavy atom. The van der Waals surface area contributed by atoms with E-state index >= 15 is 0 Å². The Morgan fingerprint density at radius 3 is 2.50 bits per heavy atom. The molecule has 182 valence electrons. The number of nitrogens with zero attached hydrogens (tertiary/aromatic N) is 3. The van der Waals surface area contributed by atoms with Gasteiger partial charge in [-0.15, -0.1) is 10.2 Å². The lowest BCUT2D eigenvalue weighted by Crippen LogP contribution is -2.25. The zero-order chi connectivity index (χ0) is 24.9. The second-order valence-corrected chi connectivity index (χ2v) is 9.85. The Morgan fingerprint density at radius 1 is 1.12 bits per heavy atom. The first-order chi connectivity index (χ1) is 16.1. The minimum Gasteiger partial charge on any atom is -0.506 e. The lowest BCUT2D eigenvalue weighted by molar-refractivity contribution is 0.0778. The summed E-state index contributed by atoms with van der Waals surface area (Å²) in [5, 5.41) is 21.0. The Labute approximate surface area is 198 Å². The van der Waals surface area contributed by atoms with E-state index in [-0.39, 0.29) is 34.7 Å². The summed E-state index contributed by atoms with van der Waals surface area (Å²) in [4.78, 5) is 12.7. The van der Waals surface area contributed by atoms with E-state index in [1.165, 1.54) is 22.9 Å². The largest absolute Gasteiger partial charge is 0.506 e. The van der Waals surface area contributed by atoms with E-state index in [9.17, 15) is 18.3 Å². The second kappa shape index (κ2) is 10.8. The van der Waals surface area contributed by atoms with Crippen molar-refractivity contribution in [2.45, 2.75) is 45.1 Å². The number of ether oxygens (including phenoxy) is 1. The van der Waals surface area contributed by atoms with Crippen LogP contribution < -0.4 is 10.3 Å². The van der Waals surface area contributed by atoms with Gasteiger partial charge in [-0.1, -0.05) is 17.7 Å². The van der Waals surface area contributed by atoms with Crippen LogP contribution in [0.4, 0.5) is 11.4 Å². The van der Waals surface area contributed by atoms with Gasteiger partial charge in [-0.3, -0.25) is 9.89 Å². The summed E-state index contributed by atoms with van der Waals surface area (Å²) in [6.45, 7) is 8.07. The summed E-state index contributed by atoms with van der Waals surface area (Å²) in [5.41, 5.74) is 1.73. The molecule has 3 aromatic rings. The van der Waals surface area contributed by atoms with Gasteiger partial charge in [-0.2, -0.15) is 0 Å². The highest BCUT2D eigenvalue weighted by Crippen LogP contribution is 2.30. The van der Waals surface area contributed by atoms with Crippen LogP contribution in [0.3, 0.4) is 0 Å². The predicted octanol–water partition coefficient (Wildman–Crippen LogP) is 4.00. The fourth-order valence-corrected chi connectivity index (χ4v) is 4.16. The number of aromatic nitrogens is 2.